The van der Waals surface area contributed by atoms with E-state index in [-0.39, 0.29) is 39.6 Å². The van der Waals surface area contributed by atoms with Gasteiger partial charge in [0, 0.05) is 12.6 Å². The Morgan fingerprint density at radius 1 is 1.09 bits per heavy atom. The van der Waals surface area contributed by atoms with Gasteiger partial charge in [0.2, 0.25) is 0 Å². The quantitative estimate of drug-likeness (QED) is 0.152. The molecule has 0 aliphatic carbocycles. The smallest absolute Gasteiger partial charge is 0.330 e. The van der Waals surface area contributed by atoms with Crippen LogP contribution in [0.4, 0.5) is 0 Å². The minimum atomic E-state index is -0.986. The minimum absolute atomic E-state index is 0.0825. The number of hydrogen-bond donors (Lipinski definition) is 3. The molecule has 2 unspecified atom stereocenters. The van der Waals surface area contributed by atoms with Crippen molar-refractivity contribution < 1.29 is 38.7 Å². The molecule has 0 heterocycles. The number of ether oxygens (including phenoxy) is 4. The lowest BCUT2D eigenvalue weighted by molar-refractivity contribution is -0.150. The number of hydrogen-bond acceptors (Lipinski definition) is 9. The van der Waals surface area contributed by atoms with E-state index in [1.807, 2.05) is 0 Å². The molecule has 0 amide bonds. The normalized spacial score (nSPS) is 13.2. The zero-order valence-electron chi connectivity index (χ0n) is 13.2. The van der Waals surface area contributed by atoms with E-state index in [1.165, 1.54) is 0 Å². The largest absolute Gasteiger partial charge is 0.463 e. The lowest BCUT2D eigenvalue weighted by Gasteiger charge is -2.13. The average Bonchev–Trinajstić information content (AvgIpc) is 2.55. The summed E-state index contributed by atoms with van der Waals surface area (Å²) in [6.45, 7) is 2.99. The summed E-state index contributed by atoms with van der Waals surface area (Å²) >= 11 is 0. The monoisotopic (exact) mass is 335 g/mol. The molecule has 23 heavy (non-hydrogen) atoms. The van der Waals surface area contributed by atoms with Crippen LogP contribution in [0, 0.1) is 0 Å². The van der Waals surface area contributed by atoms with Crippen molar-refractivity contribution in [2.24, 2.45) is 0 Å². The van der Waals surface area contributed by atoms with Gasteiger partial charge in [-0.25, -0.2) is 4.79 Å². The second kappa shape index (κ2) is 14.1. The molecule has 134 valence electrons. The van der Waals surface area contributed by atoms with Crippen molar-refractivity contribution in [2.75, 3.05) is 46.8 Å². The fourth-order valence-corrected chi connectivity index (χ4v) is 1.25. The first kappa shape index (κ1) is 21.5. The molecule has 0 bridgehead atoms. The summed E-state index contributed by atoms with van der Waals surface area (Å²) in [6, 6.07) is 0. The number of rotatable bonds is 14. The lowest BCUT2D eigenvalue weighted by atomic mass is 10.4. The third kappa shape index (κ3) is 13.8. The number of carbonyl (C=O) groups is 2. The summed E-state index contributed by atoms with van der Waals surface area (Å²) in [6.07, 6.45) is -0.735. The van der Waals surface area contributed by atoms with E-state index >= 15 is 0 Å². The molecule has 0 radical (unpaired) electrons. The molecule has 0 aromatic heterocycles. The van der Waals surface area contributed by atoms with Crippen LogP contribution >= 0.6 is 0 Å². The Morgan fingerprint density at radius 3 is 2.17 bits per heavy atom. The summed E-state index contributed by atoms with van der Waals surface area (Å²) in [7, 11) is 1.72. The first-order valence-electron chi connectivity index (χ1n) is 7.10. The fraction of sp³-hybridized carbons (Fsp3) is 0.714. The molecule has 0 aromatic rings. The van der Waals surface area contributed by atoms with Gasteiger partial charge in [0.05, 0.1) is 19.6 Å². The van der Waals surface area contributed by atoms with Crippen molar-refractivity contribution >= 4 is 11.9 Å². The summed E-state index contributed by atoms with van der Waals surface area (Å²) in [5.41, 5.74) is 0. The van der Waals surface area contributed by atoms with E-state index in [0.717, 1.165) is 6.08 Å². The van der Waals surface area contributed by atoms with Crippen molar-refractivity contribution in [3.05, 3.63) is 12.7 Å². The summed E-state index contributed by atoms with van der Waals surface area (Å²) in [4.78, 5) is 21.9. The predicted octanol–water partition coefficient (Wildman–Crippen LogP) is -1.42. The molecule has 9 heteroatoms. The van der Waals surface area contributed by atoms with Crippen LogP contribution in [-0.2, 0) is 28.5 Å². The van der Waals surface area contributed by atoms with Crippen LogP contribution in [-0.4, -0.2) is 81.2 Å². The van der Waals surface area contributed by atoms with Gasteiger partial charge in [-0.2, -0.15) is 0 Å². The highest BCUT2D eigenvalue weighted by Gasteiger charge is 2.10. The van der Waals surface area contributed by atoms with E-state index < -0.39 is 24.1 Å². The molecule has 9 nitrogen and oxygen atoms in total. The highest BCUT2D eigenvalue weighted by molar-refractivity contribution is 5.81. The van der Waals surface area contributed by atoms with E-state index in [4.69, 9.17) is 14.2 Å². The number of aliphatic hydroxyl groups excluding tert-OH is 2. The van der Waals surface area contributed by atoms with Crippen molar-refractivity contribution in [3.63, 3.8) is 0 Å². The van der Waals surface area contributed by atoms with Crippen LogP contribution < -0.4 is 5.32 Å². The van der Waals surface area contributed by atoms with Crippen LogP contribution in [0.2, 0.25) is 0 Å². The molecule has 0 saturated heterocycles. The molecule has 0 aliphatic heterocycles. The van der Waals surface area contributed by atoms with Crippen molar-refractivity contribution in [2.45, 2.75) is 18.6 Å². The fourth-order valence-electron chi connectivity index (χ4n) is 1.25. The van der Waals surface area contributed by atoms with Crippen LogP contribution in [0.1, 0.15) is 6.42 Å². The first-order chi connectivity index (χ1) is 11.0. The maximum atomic E-state index is 11.2. The highest BCUT2D eigenvalue weighted by Crippen LogP contribution is 1.93. The van der Waals surface area contributed by atoms with Gasteiger partial charge in [-0.3, -0.25) is 4.79 Å². The second-order valence-electron chi connectivity index (χ2n) is 4.54. The topological polar surface area (TPSA) is 124 Å². The molecule has 0 aromatic carbocycles. The van der Waals surface area contributed by atoms with E-state index in [9.17, 15) is 19.8 Å². The number of carbonyl (C=O) groups excluding carboxylic acids is 2. The molecule has 2 atom stereocenters. The highest BCUT2D eigenvalue weighted by atomic mass is 16.7. The lowest BCUT2D eigenvalue weighted by Crippen LogP contribution is -2.27. The van der Waals surface area contributed by atoms with Crippen molar-refractivity contribution in [1.29, 1.82) is 0 Å². The molecule has 0 aliphatic rings. The molecule has 0 fully saturated rings. The third-order valence-corrected chi connectivity index (χ3v) is 2.39. The molecular weight excluding hydrogens is 310 g/mol. The van der Waals surface area contributed by atoms with Crippen molar-refractivity contribution in [1.82, 2.24) is 5.32 Å². The Balaban J connectivity index is 3.50. The van der Waals surface area contributed by atoms with Gasteiger partial charge < -0.3 is 34.5 Å². The van der Waals surface area contributed by atoms with Crippen LogP contribution in [0.25, 0.3) is 0 Å². The van der Waals surface area contributed by atoms with E-state index in [2.05, 4.69) is 16.6 Å². The standard InChI is InChI=1S/C14H25NO8/c1-3-13(18)22-8-11(16)6-20-10-21-7-12(17)9-23-14(19)4-5-15-2/h3,11-12,15-17H,1,4-10H2,2H3. The molecule has 0 rings (SSSR count). The number of nitrogens with one attached hydrogen (secondary N) is 1. The summed E-state index contributed by atoms with van der Waals surface area (Å²) < 4.78 is 19.4. The molecular formula is C14H25NO8. The van der Waals surface area contributed by atoms with E-state index in [1.54, 1.807) is 7.05 Å². The van der Waals surface area contributed by atoms with Gasteiger partial charge in [0.15, 0.2) is 0 Å². The number of aliphatic hydroxyl groups is 2. The van der Waals surface area contributed by atoms with Crippen LogP contribution in [0.3, 0.4) is 0 Å². The van der Waals surface area contributed by atoms with Gasteiger partial charge in [0.1, 0.15) is 32.2 Å². The van der Waals surface area contributed by atoms with Crippen molar-refractivity contribution in [3.8, 4) is 0 Å². The molecule has 0 spiro atoms. The molecule has 3 N–H and O–H groups in total. The molecule has 0 saturated carbocycles. The minimum Gasteiger partial charge on any atom is -0.463 e. The maximum Gasteiger partial charge on any atom is 0.330 e. The SMILES string of the molecule is C=CC(=O)OCC(O)COCOCC(O)COC(=O)CCNC. The summed E-state index contributed by atoms with van der Waals surface area (Å²) in [5, 5.41) is 21.7. The van der Waals surface area contributed by atoms with Crippen LogP contribution in [0.15, 0.2) is 12.7 Å². The Labute approximate surface area is 135 Å². The van der Waals surface area contributed by atoms with Gasteiger partial charge >= 0.3 is 11.9 Å². The van der Waals surface area contributed by atoms with E-state index in [0.29, 0.717) is 6.54 Å². The first-order valence-corrected chi connectivity index (χ1v) is 7.10. The summed E-state index contributed by atoms with van der Waals surface area (Å²) in [5.74, 6) is -1.04. The predicted molar refractivity (Wildman–Crippen MR) is 79.4 cm³/mol. The van der Waals surface area contributed by atoms with Gasteiger partial charge in [0.25, 0.3) is 0 Å². The Hall–Kier alpha value is -1.52. The Bertz CT molecular complexity index is 350. The average molecular weight is 335 g/mol. The zero-order chi connectivity index (χ0) is 17.5. The number of esters is 2. The Kier molecular flexibility index (Phi) is 13.2. The van der Waals surface area contributed by atoms with Gasteiger partial charge in [-0.05, 0) is 7.05 Å². The van der Waals surface area contributed by atoms with Crippen LogP contribution in [0.5, 0.6) is 0 Å². The maximum absolute atomic E-state index is 11.2. The second-order valence-corrected chi connectivity index (χ2v) is 4.54. The van der Waals surface area contributed by atoms with Gasteiger partial charge in [-0.15, -0.1) is 0 Å². The Morgan fingerprint density at radius 2 is 1.65 bits per heavy atom. The zero-order valence-corrected chi connectivity index (χ0v) is 13.2. The van der Waals surface area contributed by atoms with Gasteiger partial charge in [-0.1, -0.05) is 6.58 Å². The third-order valence-electron chi connectivity index (χ3n) is 2.39.